The number of aliphatic hydroxyl groups is 1. The van der Waals surface area contributed by atoms with E-state index in [1.165, 1.54) is 22.9 Å². The fourth-order valence-corrected chi connectivity index (χ4v) is 5.25. The van der Waals surface area contributed by atoms with Crippen LogP contribution in [-0.4, -0.2) is 67.5 Å². The number of nitrogens with zero attached hydrogens (tertiary/aromatic N) is 6. The number of aliphatic hydroxyl groups excluding tert-OH is 1. The van der Waals surface area contributed by atoms with E-state index in [9.17, 15) is 18.4 Å². The highest BCUT2D eigenvalue weighted by Crippen LogP contribution is 2.29. The first-order valence-electron chi connectivity index (χ1n) is 12.3. The highest BCUT2D eigenvalue weighted by molar-refractivity contribution is 5.84. The second kappa shape index (κ2) is 9.97. The lowest BCUT2D eigenvalue weighted by Crippen LogP contribution is -2.55. The molecule has 9 nitrogen and oxygen atoms in total. The standard InChI is InChI=1S/C27H28F2N6O3/c1-16-14-33(9-10-34(16)24(37)15-36)27-30-12-19(13-31-27)18-7-8-20-23(11-18)35(32(3)26(20)38)17(2)25-21(28)5-4-6-22(25)29/h4-8,11-13,16-17,36H,9-10,14-15H2,1-3H3. The van der Waals surface area contributed by atoms with Gasteiger partial charge in [-0.2, -0.15) is 0 Å². The number of hydrogen-bond donors (Lipinski definition) is 1. The Bertz CT molecular complexity index is 1550. The first-order chi connectivity index (χ1) is 18.2. The third kappa shape index (κ3) is 4.32. The molecule has 0 bridgehead atoms. The summed E-state index contributed by atoms with van der Waals surface area (Å²) in [5.74, 6) is -1.13. The van der Waals surface area contributed by atoms with E-state index in [1.54, 1.807) is 54.1 Å². The number of rotatable bonds is 5. The van der Waals surface area contributed by atoms with Crippen LogP contribution in [0.3, 0.4) is 0 Å². The summed E-state index contributed by atoms with van der Waals surface area (Å²) in [6.45, 7) is 4.61. The summed E-state index contributed by atoms with van der Waals surface area (Å²) in [6.07, 6.45) is 3.37. The highest BCUT2D eigenvalue weighted by Gasteiger charge is 2.28. The van der Waals surface area contributed by atoms with Crippen molar-refractivity contribution < 1.29 is 18.7 Å². The molecule has 1 aliphatic heterocycles. The molecule has 0 saturated carbocycles. The lowest BCUT2D eigenvalue weighted by Gasteiger charge is -2.39. The SMILES string of the molecule is CC1CN(c2ncc(-c3ccc4c(=O)n(C)n(C(C)c5c(F)cccc5F)c4c3)cn2)CCN1C(=O)CO. The van der Waals surface area contributed by atoms with Crippen LogP contribution in [-0.2, 0) is 11.8 Å². The van der Waals surface area contributed by atoms with Crippen molar-refractivity contribution in [3.8, 4) is 11.1 Å². The molecule has 1 N–H and O–H groups in total. The average molecular weight is 523 g/mol. The Morgan fingerprint density at radius 2 is 1.79 bits per heavy atom. The Hall–Kier alpha value is -4.12. The van der Waals surface area contributed by atoms with Crippen LogP contribution >= 0.6 is 0 Å². The van der Waals surface area contributed by atoms with Crippen molar-refractivity contribution >= 4 is 22.8 Å². The van der Waals surface area contributed by atoms with Crippen molar-refractivity contribution in [3.05, 3.63) is 76.3 Å². The summed E-state index contributed by atoms with van der Waals surface area (Å²) >= 11 is 0. The summed E-state index contributed by atoms with van der Waals surface area (Å²) in [4.78, 5) is 37.5. The number of hydrogen-bond acceptors (Lipinski definition) is 6. The lowest BCUT2D eigenvalue weighted by molar-refractivity contribution is -0.136. The van der Waals surface area contributed by atoms with Gasteiger partial charge in [0.25, 0.3) is 5.56 Å². The molecule has 11 heteroatoms. The molecule has 0 spiro atoms. The number of halogens is 2. The predicted octanol–water partition coefficient (Wildman–Crippen LogP) is 2.71. The highest BCUT2D eigenvalue weighted by atomic mass is 19.1. The molecule has 38 heavy (non-hydrogen) atoms. The average Bonchev–Trinajstić information content (AvgIpc) is 3.17. The summed E-state index contributed by atoms with van der Waals surface area (Å²) in [6, 6.07) is 8.13. The molecule has 2 unspecified atom stereocenters. The molecule has 4 aromatic rings. The van der Waals surface area contributed by atoms with Gasteiger partial charge in [0, 0.05) is 56.2 Å². The van der Waals surface area contributed by atoms with Gasteiger partial charge in [0.2, 0.25) is 11.9 Å². The summed E-state index contributed by atoms with van der Waals surface area (Å²) in [7, 11) is 1.57. The minimum atomic E-state index is -0.779. The third-order valence-electron chi connectivity index (χ3n) is 7.21. The molecule has 2 aromatic heterocycles. The normalized spacial score (nSPS) is 16.7. The number of anilines is 1. The van der Waals surface area contributed by atoms with Crippen LogP contribution in [0.15, 0.2) is 53.6 Å². The Morgan fingerprint density at radius 3 is 2.42 bits per heavy atom. The van der Waals surface area contributed by atoms with Crippen molar-refractivity contribution in [2.45, 2.75) is 25.9 Å². The minimum Gasteiger partial charge on any atom is -0.387 e. The van der Waals surface area contributed by atoms with Crippen LogP contribution in [0.2, 0.25) is 0 Å². The van der Waals surface area contributed by atoms with Crippen molar-refractivity contribution in [1.29, 1.82) is 0 Å². The van der Waals surface area contributed by atoms with Crippen LogP contribution in [0.4, 0.5) is 14.7 Å². The minimum absolute atomic E-state index is 0.0924. The van der Waals surface area contributed by atoms with E-state index in [-0.39, 0.29) is 23.1 Å². The van der Waals surface area contributed by atoms with E-state index >= 15 is 0 Å². The monoisotopic (exact) mass is 522 g/mol. The maximum Gasteiger partial charge on any atom is 0.274 e. The Morgan fingerprint density at radius 1 is 1.11 bits per heavy atom. The largest absolute Gasteiger partial charge is 0.387 e. The molecule has 2 atom stereocenters. The predicted molar refractivity (Wildman–Crippen MR) is 139 cm³/mol. The summed E-state index contributed by atoms with van der Waals surface area (Å²) < 4.78 is 32.1. The van der Waals surface area contributed by atoms with E-state index in [4.69, 9.17) is 5.11 Å². The number of piperazine rings is 1. The maximum atomic E-state index is 14.6. The number of benzene rings is 2. The van der Waals surface area contributed by atoms with Crippen LogP contribution in [0, 0.1) is 11.6 Å². The third-order valence-corrected chi connectivity index (χ3v) is 7.21. The molecule has 3 heterocycles. The van der Waals surface area contributed by atoms with E-state index in [0.29, 0.717) is 42.0 Å². The van der Waals surface area contributed by atoms with Gasteiger partial charge in [-0.1, -0.05) is 12.1 Å². The molecule has 1 aliphatic rings. The maximum absolute atomic E-state index is 14.6. The molecular formula is C27H28F2N6O3. The number of carbonyl (C=O) groups excluding carboxylic acids is 1. The van der Waals surface area contributed by atoms with Gasteiger partial charge >= 0.3 is 0 Å². The molecule has 0 radical (unpaired) electrons. The van der Waals surface area contributed by atoms with Gasteiger partial charge in [-0.05, 0) is 43.7 Å². The summed E-state index contributed by atoms with van der Waals surface area (Å²) in [5, 5.41) is 9.59. The molecule has 0 aliphatic carbocycles. The van der Waals surface area contributed by atoms with Crippen molar-refractivity contribution in [3.63, 3.8) is 0 Å². The van der Waals surface area contributed by atoms with E-state index in [0.717, 1.165) is 5.56 Å². The van der Waals surface area contributed by atoms with Gasteiger partial charge in [0.1, 0.15) is 18.2 Å². The van der Waals surface area contributed by atoms with Crippen molar-refractivity contribution in [1.82, 2.24) is 24.2 Å². The van der Waals surface area contributed by atoms with Crippen LogP contribution in [0.5, 0.6) is 0 Å². The number of aromatic nitrogens is 4. The van der Waals surface area contributed by atoms with E-state index in [1.807, 2.05) is 11.8 Å². The fraction of sp³-hybridized carbons (Fsp3) is 0.333. The van der Waals surface area contributed by atoms with Gasteiger partial charge < -0.3 is 14.9 Å². The van der Waals surface area contributed by atoms with Crippen LogP contribution < -0.4 is 10.5 Å². The topological polar surface area (TPSA) is 96.5 Å². The number of carbonyl (C=O) groups is 1. The lowest BCUT2D eigenvalue weighted by atomic mass is 10.1. The Balaban J connectivity index is 1.46. The summed E-state index contributed by atoms with van der Waals surface area (Å²) in [5.41, 5.74) is 1.61. The Kier molecular flexibility index (Phi) is 6.70. The smallest absolute Gasteiger partial charge is 0.274 e. The second-order valence-electron chi connectivity index (χ2n) is 9.53. The molecule has 2 aromatic carbocycles. The van der Waals surface area contributed by atoms with E-state index in [2.05, 4.69) is 9.97 Å². The zero-order valence-corrected chi connectivity index (χ0v) is 21.3. The molecule has 198 valence electrons. The van der Waals surface area contributed by atoms with Gasteiger partial charge in [0.05, 0.1) is 16.9 Å². The van der Waals surface area contributed by atoms with Crippen LogP contribution in [0.1, 0.15) is 25.5 Å². The zero-order valence-electron chi connectivity index (χ0n) is 21.3. The quantitative estimate of drug-likeness (QED) is 0.433. The van der Waals surface area contributed by atoms with Gasteiger partial charge in [-0.25, -0.2) is 18.7 Å². The van der Waals surface area contributed by atoms with Crippen molar-refractivity contribution in [2.24, 2.45) is 7.05 Å². The molecule has 1 fully saturated rings. The number of fused-ring (bicyclic) bond motifs is 1. The molecule has 5 rings (SSSR count). The van der Waals surface area contributed by atoms with Crippen LogP contribution in [0.25, 0.3) is 22.0 Å². The first kappa shape index (κ1) is 25.5. The van der Waals surface area contributed by atoms with E-state index < -0.39 is 24.3 Å². The molecule has 1 saturated heterocycles. The van der Waals surface area contributed by atoms with Gasteiger partial charge in [-0.3, -0.25) is 19.0 Å². The van der Waals surface area contributed by atoms with Gasteiger partial charge in [0.15, 0.2) is 0 Å². The Labute approximate surface area is 217 Å². The first-order valence-corrected chi connectivity index (χ1v) is 12.3. The zero-order chi connectivity index (χ0) is 27.1. The molecular weight excluding hydrogens is 494 g/mol. The molecule has 1 amide bonds. The van der Waals surface area contributed by atoms with Gasteiger partial charge in [-0.15, -0.1) is 0 Å². The second-order valence-corrected chi connectivity index (χ2v) is 9.53. The fourth-order valence-electron chi connectivity index (χ4n) is 5.25. The van der Waals surface area contributed by atoms with Crippen molar-refractivity contribution in [2.75, 3.05) is 31.1 Å². The number of amides is 1.